The number of rotatable bonds is 3. The second-order valence-electron chi connectivity index (χ2n) is 4.30. The quantitative estimate of drug-likeness (QED) is 0.796. The zero-order chi connectivity index (χ0) is 13.0. The summed E-state index contributed by atoms with van der Waals surface area (Å²) in [4.78, 5) is 14.3. The molecule has 1 aromatic carbocycles. The Morgan fingerprint density at radius 1 is 1.33 bits per heavy atom. The Morgan fingerprint density at radius 2 is 1.94 bits per heavy atom. The first-order valence-electron chi connectivity index (χ1n) is 5.95. The first-order chi connectivity index (χ1) is 8.65. The number of halogens is 2. The van der Waals surface area contributed by atoms with Crippen LogP contribution in [0.5, 0.6) is 5.75 Å². The number of carbonyl (C=O) groups excluding carboxylic acids is 1. The largest absolute Gasteiger partial charge is 0.484 e. The fourth-order valence-electron chi connectivity index (χ4n) is 1.86. The summed E-state index contributed by atoms with van der Waals surface area (Å²) in [6.07, 6.45) is 2.01. The van der Waals surface area contributed by atoms with Gasteiger partial charge in [0.05, 0.1) is 0 Å². The molecule has 0 aliphatic carbocycles. The van der Waals surface area contributed by atoms with Crippen molar-refractivity contribution >= 4 is 33.4 Å². The van der Waals surface area contributed by atoms with E-state index < -0.39 is 0 Å². The zero-order valence-electron chi connectivity index (χ0n) is 9.94. The molecule has 0 atom stereocenters. The summed E-state index contributed by atoms with van der Waals surface area (Å²) in [5.74, 6) is 0.715. The summed E-state index contributed by atoms with van der Waals surface area (Å²) in [5, 5.41) is 0.660. The third-order valence-corrected chi connectivity index (χ3v) is 4.12. The van der Waals surface area contributed by atoms with Gasteiger partial charge >= 0.3 is 0 Å². The molecule has 0 N–H and O–H groups in total. The minimum atomic E-state index is 0.0457. The number of benzene rings is 1. The average Bonchev–Trinajstić information content (AvgIpc) is 2.38. The van der Waals surface area contributed by atoms with E-state index in [9.17, 15) is 4.79 Å². The smallest absolute Gasteiger partial charge is 0.260 e. The number of amides is 1. The Labute approximate surface area is 120 Å². The fraction of sp³-hybridized carbons (Fsp3) is 0.462. The van der Waals surface area contributed by atoms with Crippen LogP contribution in [0.4, 0.5) is 0 Å². The predicted octanol–water partition coefficient (Wildman–Crippen LogP) is 3.10. The number of ether oxygens (including phenoxy) is 1. The monoisotopic (exact) mass is 331 g/mol. The summed E-state index contributed by atoms with van der Waals surface area (Å²) >= 11 is 9.34. The van der Waals surface area contributed by atoms with Crippen LogP contribution < -0.4 is 4.74 Å². The molecule has 0 saturated carbocycles. The number of piperidine rings is 1. The molecular formula is C13H15BrClNO2. The van der Waals surface area contributed by atoms with Crippen molar-refractivity contribution in [3.05, 3.63) is 29.3 Å². The van der Waals surface area contributed by atoms with Crippen LogP contribution >= 0.6 is 27.5 Å². The molecule has 1 amide bonds. The van der Waals surface area contributed by atoms with Gasteiger partial charge in [-0.2, -0.15) is 0 Å². The van der Waals surface area contributed by atoms with E-state index in [0.717, 1.165) is 25.9 Å². The van der Waals surface area contributed by atoms with Crippen molar-refractivity contribution < 1.29 is 9.53 Å². The van der Waals surface area contributed by atoms with Crippen LogP contribution in [0.3, 0.4) is 0 Å². The van der Waals surface area contributed by atoms with Crippen molar-refractivity contribution in [3.8, 4) is 5.75 Å². The molecular weight excluding hydrogens is 318 g/mol. The van der Waals surface area contributed by atoms with Gasteiger partial charge in [0.2, 0.25) is 0 Å². The maximum Gasteiger partial charge on any atom is 0.260 e. The van der Waals surface area contributed by atoms with E-state index >= 15 is 0 Å². The highest BCUT2D eigenvalue weighted by atomic mass is 79.9. The summed E-state index contributed by atoms with van der Waals surface area (Å²) in [5.41, 5.74) is 0. The normalized spacial score (nSPS) is 16.7. The molecule has 0 radical (unpaired) electrons. The molecule has 1 aliphatic rings. The van der Waals surface area contributed by atoms with Crippen molar-refractivity contribution in [2.75, 3.05) is 19.7 Å². The number of carbonyl (C=O) groups is 1. The molecule has 0 aromatic heterocycles. The molecule has 2 rings (SSSR count). The molecule has 5 heteroatoms. The van der Waals surface area contributed by atoms with Gasteiger partial charge in [-0.05, 0) is 37.1 Å². The van der Waals surface area contributed by atoms with E-state index in [1.807, 2.05) is 4.90 Å². The number of hydrogen-bond donors (Lipinski definition) is 0. The molecule has 0 bridgehead atoms. The second kappa shape index (κ2) is 6.43. The van der Waals surface area contributed by atoms with Crippen LogP contribution in [0, 0.1) is 0 Å². The molecule has 0 unspecified atom stereocenters. The topological polar surface area (TPSA) is 29.5 Å². The molecule has 0 spiro atoms. The summed E-state index contributed by atoms with van der Waals surface area (Å²) in [6, 6.07) is 7.02. The molecule has 1 aromatic rings. The highest BCUT2D eigenvalue weighted by Crippen LogP contribution is 2.18. The summed E-state index contributed by atoms with van der Waals surface area (Å²) in [7, 11) is 0. The van der Waals surface area contributed by atoms with Gasteiger partial charge < -0.3 is 9.64 Å². The van der Waals surface area contributed by atoms with Crippen LogP contribution in [-0.4, -0.2) is 35.3 Å². The van der Waals surface area contributed by atoms with Gasteiger partial charge in [0.25, 0.3) is 5.91 Å². The van der Waals surface area contributed by atoms with E-state index in [0.29, 0.717) is 15.6 Å². The Balaban J connectivity index is 1.79. The molecule has 98 valence electrons. The van der Waals surface area contributed by atoms with E-state index in [1.165, 1.54) is 0 Å². The summed E-state index contributed by atoms with van der Waals surface area (Å²) in [6.45, 7) is 1.70. The van der Waals surface area contributed by atoms with Crippen molar-refractivity contribution in [1.82, 2.24) is 4.90 Å². The zero-order valence-corrected chi connectivity index (χ0v) is 12.3. The molecule has 1 aliphatic heterocycles. The van der Waals surface area contributed by atoms with Crippen LogP contribution in [-0.2, 0) is 4.79 Å². The lowest BCUT2D eigenvalue weighted by atomic mass is 10.1. The molecule has 3 nitrogen and oxygen atoms in total. The van der Waals surface area contributed by atoms with Crippen molar-refractivity contribution in [3.63, 3.8) is 0 Å². The van der Waals surface area contributed by atoms with Gasteiger partial charge in [-0.1, -0.05) is 27.5 Å². The van der Waals surface area contributed by atoms with Crippen molar-refractivity contribution in [2.24, 2.45) is 0 Å². The number of likely N-dealkylation sites (tertiary alicyclic amines) is 1. The lowest BCUT2D eigenvalue weighted by Crippen LogP contribution is -2.41. The third kappa shape index (κ3) is 3.89. The minimum Gasteiger partial charge on any atom is -0.484 e. The Bertz CT molecular complexity index is 402. The van der Waals surface area contributed by atoms with Gasteiger partial charge in [0.1, 0.15) is 5.75 Å². The van der Waals surface area contributed by atoms with E-state index in [1.54, 1.807) is 24.3 Å². The molecule has 18 heavy (non-hydrogen) atoms. The van der Waals surface area contributed by atoms with Gasteiger partial charge in [-0.3, -0.25) is 4.79 Å². The average molecular weight is 333 g/mol. The maximum absolute atomic E-state index is 11.9. The summed E-state index contributed by atoms with van der Waals surface area (Å²) < 4.78 is 5.44. The second-order valence-corrected chi connectivity index (χ2v) is 6.03. The molecule has 1 heterocycles. The Kier molecular flexibility index (Phi) is 4.89. The minimum absolute atomic E-state index is 0.0457. The Morgan fingerprint density at radius 3 is 2.56 bits per heavy atom. The highest BCUT2D eigenvalue weighted by molar-refractivity contribution is 9.09. The maximum atomic E-state index is 11.9. The fourth-order valence-corrected chi connectivity index (χ4v) is 2.40. The van der Waals surface area contributed by atoms with Gasteiger partial charge in [-0.25, -0.2) is 0 Å². The van der Waals surface area contributed by atoms with Crippen LogP contribution in [0.1, 0.15) is 12.8 Å². The van der Waals surface area contributed by atoms with Crippen LogP contribution in [0.2, 0.25) is 5.02 Å². The lowest BCUT2D eigenvalue weighted by Gasteiger charge is -2.29. The first kappa shape index (κ1) is 13.7. The van der Waals surface area contributed by atoms with Gasteiger partial charge in [0, 0.05) is 22.9 Å². The number of nitrogens with zero attached hydrogens (tertiary/aromatic N) is 1. The van der Waals surface area contributed by atoms with E-state index in [4.69, 9.17) is 16.3 Å². The molecule has 1 fully saturated rings. The number of alkyl halides is 1. The van der Waals surface area contributed by atoms with Gasteiger partial charge in [-0.15, -0.1) is 0 Å². The Hall–Kier alpha value is -0.740. The van der Waals surface area contributed by atoms with Gasteiger partial charge in [0.15, 0.2) is 6.61 Å². The van der Waals surface area contributed by atoms with Crippen molar-refractivity contribution in [2.45, 2.75) is 17.7 Å². The van der Waals surface area contributed by atoms with Crippen LogP contribution in [0.15, 0.2) is 24.3 Å². The first-order valence-corrected chi connectivity index (χ1v) is 7.25. The predicted molar refractivity (Wildman–Crippen MR) is 75.5 cm³/mol. The number of hydrogen-bond acceptors (Lipinski definition) is 2. The molecule has 1 saturated heterocycles. The van der Waals surface area contributed by atoms with E-state index in [2.05, 4.69) is 15.9 Å². The van der Waals surface area contributed by atoms with Crippen molar-refractivity contribution in [1.29, 1.82) is 0 Å². The van der Waals surface area contributed by atoms with E-state index in [-0.39, 0.29) is 12.5 Å². The third-order valence-electron chi connectivity index (χ3n) is 2.95. The standard InChI is InChI=1S/C13H15BrClNO2/c14-10-5-7-16(8-6-10)13(17)9-18-12-3-1-11(15)2-4-12/h1-4,10H,5-9H2. The highest BCUT2D eigenvalue weighted by Gasteiger charge is 2.21. The SMILES string of the molecule is O=C(COc1ccc(Cl)cc1)N1CCC(Br)CC1. The lowest BCUT2D eigenvalue weighted by molar-refractivity contribution is -0.134. The van der Waals surface area contributed by atoms with Crippen LogP contribution in [0.25, 0.3) is 0 Å².